The minimum atomic E-state index is -0.523. The van der Waals surface area contributed by atoms with Crippen molar-refractivity contribution in [3.63, 3.8) is 0 Å². The molecule has 0 saturated carbocycles. The highest BCUT2D eigenvalue weighted by Gasteiger charge is 2.29. The molecule has 1 aliphatic heterocycles. The number of hydrogen-bond acceptors (Lipinski definition) is 6. The van der Waals surface area contributed by atoms with Gasteiger partial charge in [0.1, 0.15) is 5.60 Å². The Hall–Kier alpha value is -4.27. The molecule has 1 aromatic heterocycles. The zero-order valence-corrected chi connectivity index (χ0v) is 26.2. The number of ether oxygens (including phenoxy) is 1. The highest BCUT2D eigenvalue weighted by Crippen LogP contribution is 2.28. The number of pyridine rings is 1. The van der Waals surface area contributed by atoms with Gasteiger partial charge in [0.15, 0.2) is 0 Å². The Morgan fingerprint density at radius 1 is 0.795 bits per heavy atom. The Kier molecular flexibility index (Phi) is 9.61. The summed E-state index contributed by atoms with van der Waals surface area (Å²) < 4.78 is 7.25. The van der Waals surface area contributed by atoms with E-state index in [4.69, 9.17) is 4.74 Å². The first-order valence-electron chi connectivity index (χ1n) is 15.4. The summed E-state index contributed by atoms with van der Waals surface area (Å²) in [5.41, 5.74) is 2.08. The lowest BCUT2D eigenvalue weighted by molar-refractivity contribution is -0.156. The molecule has 2 heterocycles. The van der Waals surface area contributed by atoms with Gasteiger partial charge in [0.2, 0.25) is 0 Å². The van der Waals surface area contributed by atoms with Gasteiger partial charge < -0.3 is 9.64 Å². The minimum absolute atomic E-state index is 0.127. The second kappa shape index (κ2) is 13.6. The highest BCUT2D eigenvalue weighted by atomic mass is 16.6. The summed E-state index contributed by atoms with van der Waals surface area (Å²) in [6.45, 7) is 11.6. The lowest BCUT2D eigenvalue weighted by Gasteiger charge is -2.35. The smallest absolute Gasteiger partial charge is 0.320 e. The van der Waals surface area contributed by atoms with Crippen molar-refractivity contribution in [2.24, 2.45) is 0 Å². The van der Waals surface area contributed by atoms with Crippen molar-refractivity contribution in [3.05, 3.63) is 107 Å². The van der Waals surface area contributed by atoms with Crippen LogP contribution in [0.1, 0.15) is 50.2 Å². The average molecular weight is 595 g/mol. The molecule has 4 aromatic rings. The Labute approximate surface area is 259 Å². The summed E-state index contributed by atoms with van der Waals surface area (Å²) in [5, 5.41) is 1.17. The van der Waals surface area contributed by atoms with Crippen LogP contribution in [0, 0.1) is 0 Å². The van der Waals surface area contributed by atoms with Gasteiger partial charge in [0, 0.05) is 61.4 Å². The Morgan fingerprint density at radius 3 is 1.98 bits per heavy atom. The SMILES string of the molecule is CCCN(C(=O)c1c(CN2CCN(CC(=O)OC(C)(C)C)CC2)n(-c2ccccc2)c(=O)c2ccccc12)c1ccccc1. The summed E-state index contributed by atoms with van der Waals surface area (Å²) in [6, 6.07) is 26.7. The lowest BCUT2D eigenvalue weighted by atomic mass is 10.00. The zero-order valence-electron chi connectivity index (χ0n) is 26.2. The van der Waals surface area contributed by atoms with Gasteiger partial charge in [-0.15, -0.1) is 0 Å². The van der Waals surface area contributed by atoms with Crippen molar-refractivity contribution in [2.45, 2.75) is 46.3 Å². The van der Waals surface area contributed by atoms with Crippen molar-refractivity contribution in [3.8, 4) is 5.69 Å². The van der Waals surface area contributed by atoms with E-state index in [0.717, 1.165) is 17.8 Å². The molecule has 0 unspecified atom stereocenters. The number of aromatic nitrogens is 1. The van der Waals surface area contributed by atoms with Crippen LogP contribution in [0.5, 0.6) is 0 Å². The standard InChI is InChI=1S/C36H42N4O4/c1-5-20-39(27-14-8-6-9-15-27)35(43)33-29-18-12-13-19-30(29)34(42)40(28-16-10-7-11-17-28)31(33)25-37-21-23-38(24-22-37)26-32(41)44-36(2,3)4/h6-19H,5,20-26H2,1-4H3. The van der Waals surface area contributed by atoms with E-state index in [9.17, 15) is 14.4 Å². The molecule has 1 aliphatic rings. The van der Waals surface area contributed by atoms with Crippen LogP contribution in [-0.2, 0) is 16.1 Å². The molecule has 0 spiro atoms. The fourth-order valence-electron chi connectivity index (χ4n) is 5.82. The minimum Gasteiger partial charge on any atom is -0.459 e. The maximum absolute atomic E-state index is 14.7. The number of benzene rings is 3. The molecule has 0 aliphatic carbocycles. The number of amides is 1. The molecule has 0 atom stereocenters. The van der Waals surface area contributed by atoms with Crippen LogP contribution in [0.25, 0.3) is 16.5 Å². The molecule has 3 aromatic carbocycles. The first-order chi connectivity index (χ1) is 21.2. The monoisotopic (exact) mass is 594 g/mol. The maximum atomic E-state index is 14.7. The summed E-state index contributed by atoms with van der Waals surface area (Å²) in [4.78, 5) is 47.5. The first-order valence-corrected chi connectivity index (χ1v) is 15.4. The van der Waals surface area contributed by atoms with E-state index in [1.807, 2.05) is 105 Å². The van der Waals surface area contributed by atoms with Crippen LogP contribution in [0.4, 0.5) is 5.69 Å². The third-order valence-electron chi connectivity index (χ3n) is 7.79. The molecule has 1 fully saturated rings. The number of carbonyl (C=O) groups is 2. The van der Waals surface area contributed by atoms with Gasteiger partial charge in [-0.1, -0.05) is 61.5 Å². The lowest BCUT2D eigenvalue weighted by Crippen LogP contribution is -2.49. The summed E-state index contributed by atoms with van der Waals surface area (Å²) >= 11 is 0. The zero-order chi connectivity index (χ0) is 31.3. The van der Waals surface area contributed by atoms with E-state index in [2.05, 4.69) is 16.7 Å². The Morgan fingerprint density at radius 2 is 1.36 bits per heavy atom. The van der Waals surface area contributed by atoms with E-state index in [1.165, 1.54) is 0 Å². The van der Waals surface area contributed by atoms with Crippen molar-refractivity contribution < 1.29 is 14.3 Å². The van der Waals surface area contributed by atoms with Crippen molar-refractivity contribution >= 4 is 28.3 Å². The molecule has 0 bridgehead atoms. The quantitative estimate of drug-likeness (QED) is 0.238. The number of carbonyl (C=O) groups excluding carboxylic acids is 2. The fourth-order valence-corrected chi connectivity index (χ4v) is 5.82. The van der Waals surface area contributed by atoms with Crippen LogP contribution in [-0.4, -0.2) is 71.1 Å². The van der Waals surface area contributed by atoms with Gasteiger partial charge in [-0.25, -0.2) is 0 Å². The van der Waals surface area contributed by atoms with Crippen molar-refractivity contribution in [1.82, 2.24) is 14.4 Å². The number of anilines is 1. The summed E-state index contributed by atoms with van der Waals surface area (Å²) in [7, 11) is 0. The largest absolute Gasteiger partial charge is 0.459 e. The number of para-hydroxylation sites is 2. The second-order valence-corrected chi connectivity index (χ2v) is 12.3. The second-order valence-electron chi connectivity index (χ2n) is 12.3. The topological polar surface area (TPSA) is 75.1 Å². The predicted octanol–water partition coefficient (Wildman–Crippen LogP) is 5.51. The molecule has 5 rings (SSSR count). The van der Waals surface area contributed by atoms with Crippen LogP contribution in [0.2, 0.25) is 0 Å². The molecule has 8 nitrogen and oxygen atoms in total. The molecule has 1 saturated heterocycles. The van der Waals surface area contributed by atoms with Gasteiger partial charge in [0.25, 0.3) is 11.5 Å². The molecule has 0 N–H and O–H groups in total. The number of esters is 1. The van der Waals surface area contributed by atoms with Crippen LogP contribution in [0.3, 0.4) is 0 Å². The van der Waals surface area contributed by atoms with Crippen LogP contribution >= 0.6 is 0 Å². The molecule has 8 heteroatoms. The molecule has 1 amide bonds. The first kappa shape index (κ1) is 31.2. The van der Waals surface area contributed by atoms with Gasteiger partial charge in [-0.3, -0.25) is 28.8 Å². The predicted molar refractivity (Wildman–Crippen MR) is 176 cm³/mol. The third kappa shape index (κ3) is 7.09. The maximum Gasteiger partial charge on any atom is 0.320 e. The van der Waals surface area contributed by atoms with Gasteiger partial charge in [0.05, 0.1) is 17.8 Å². The molecule has 230 valence electrons. The number of piperazine rings is 1. The Balaban J connectivity index is 1.57. The molecular weight excluding hydrogens is 552 g/mol. The number of fused-ring (bicyclic) bond motifs is 1. The Bertz CT molecular complexity index is 1650. The highest BCUT2D eigenvalue weighted by molar-refractivity contribution is 6.15. The normalized spacial score (nSPS) is 14.5. The number of nitrogens with zero attached hydrogens (tertiary/aromatic N) is 4. The van der Waals surface area contributed by atoms with Gasteiger partial charge in [-0.05, 0) is 57.5 Å². The van der Waals surface area contributed by atoms with E-state index in [0.29, 0.717) is 61.3 Å². The number of rotatable bonds is 9. The summed E-state index contributed by atoms with van der Waals surface area (Å²) in [6.07, 6.45) is 0.784. The van der Waals surface area contributed by atoms with Crippen molar-refractivity contribution in [2.75, 3.05) is 44.2 Å². The number of hydrogen-bond donors (Lipinski definition) is 0. The van der Waals surface area contributed by atoms with E-state index < -0.39 is 5.60 Å². The fraction of sp³-hybridized carbons (Fsp3) is 0.361. The van der Waals surface area contributed by atoms with E-state index >= 15 is 0 Å². The van der Waals surface area contributed by atoms with E-state index in [-0.39, 0.29) is 24.0 Å². The van der Waals surface area contributed by atoms with Gasteiger partial charge in [-0.2, -0.15) is 0 Å². The molecular formula is C36H42N4O4. The van der Waals surface area contributed by atoms with E-state index in [1.54, 1.807) is 10.6 Å². The van der Waals surface area contributed by atoms with Crippen LogP contribution in [0.15, 0.2) is 89.7 Å². The molecule has 44 heavy (non-hydrogen) atoms. The summed E-state index contributed by atoms with van der Waals surface area (Å²) in [5.74, 6) is -0.360. The molecule has 0 radical (unpaired) electrons. The van der Waals surface area contributed by atoms with Crippen molar-refractivity contribution in [1.29, 1.82) is 0 Å². The van der Waals surface area contributed by atoms with Crippen LogP contribution < -0.4 is 10.5 Å². The average Bonchev–Trinajstić information content (AvgIpc) is 3.01. The third-order valence-corrected chi connectivity index (χ3v) is 7.79. The van der Waals surface area contributed by atoms with Gasteiger partial charge >= 0.3 is 5.97 Å².